The number of nitrogens with zero attached hydrogens (tertiary/aromatic N) is 2. The van der Waals surface area contributed by atoms with Gasteiger partial charge in [-0.2, -0.15) is 0 Å². The lowest BCUT2D eigenvalue weighted by atomic mass is 9.80. The summed E-state index contributed by atoms with van der Waals surface area (Å²) in [5, 5.41) is 0. The molecule has 2 heterocycles. The van der Waals surface area contributed by atoms with E-state index in [2.05, 4.69) is 23.8 Å². The molecule has 0 saturated carbocycles. The van der Waals surface area contributed by atoms with Crippen molar-refractivity contribution in [3.8, 4) is 0 Å². The van der Waals surface area contributed by atoms with Crippen LogP contribution in [0.15, 0.2) is 0 Å². The minimum atomic E-state index is 1.03. The Morgan fingerprint density at radius 3 is 2.19 bits per heavy atom. The predicted molar refractivity (Wildman–Crippen MR) is 69.7 cm³/mol. The molecule has 2 fully saturated rings. The van der Waals surface area contributed by atoms with E-state index in [1.54, 1.807) is 0 Å². The average molecular weight is 224 g/mol. The van der Waals surface area contributed by atoms with Crippen LogP contribution < -0.4 is 0 Å². The van der Waals surface area contributed by atoms with E-state index >= 15 is 0 Å². The van der Waals surface area contributed by atoms with Gasteiger partial charge in [-0.1, -0.05) is 6.92 Å². The normalized spacial score (nSPS) is 31.5. The summed E-state index contributed by atoms with van der Waals surface area (Å²) in [5.74, 6) is 2.07. The van der Waals surface area contributed by atoms with Crippen molar-refractivity contribution in [1.29, 1.82) is 0 Å². The highest BCUT2D eigenvalue weighted by molar-refractivity contribution is 4.80. The van der Waals surface area contributed by atoms with Crippen molar-refractivity contribution in [2.45, 2.75) is 39.0 Å². The Morgan fingerprint density at radius 1 is 0.875 bits per heavy atom. The fourth-order valence-electron chi connectivity index (χ4n) is 3.48. The number of hydrogen-bond donors (Lipinski definition) is 0. The molecule has 94 valence electrons. The molecule has 0 radical (unpaired) electrons. The first kappa shape index (κ1) is 12.4. The molecule has 16 heavy (non-hydrogen) atoms. The zero-order chi connectivity index (χ0) is 11.4. The van der Waals surface area contributed by atoms with Gasteiger partial charge in [0.05, 0.1) is 0 Å². The van der Waals surface area contributed by atoms with Crippen LogP contribution in [0.5, 0.6) is 0 Å². The Bertz CT molecular complexity index is 197. The van der Waals surface area contributed by atoms with Crippen LogP contribution in [0.1, 0.15) is 39.0 Å². The van der Waals surface area contributed by atoms with Gasteiger partial charge in [0, 0.05) is 0 Å². The van der Waals surface area contributed by atoms with Crippen LogP contribution in [0.2, 0.25) is 0 Å². The first-order valence-corrected chi connectivity index (χ1v) is 7.20. The molecule has 1 unspecified atom stereocenters. The minimum Gasteiger partial charge on any atom is -0.306 e. The molecule has 1 atom stereocenters. The van der Waals surface area contributed by atoms with E-state index in [1.165, 1.54) is 64.8 Å². The summed E-state index contributed by atoms with van der Waals surface area (Å²) in [6.07, 6.45) is 7.29. The highest BCUT2D eigenvalue weighted by atomic mass is 15.1. The second kappa shape index (κ2) is 6.02. The van der Waals surface area contributed by atoms with Gasteiger partial charge < -0.3 is 9.80 Å². The fraction of sp³-hybridized carbons (Fsp3) is 1.00. The summed E-state index contributed by atoms with van der Waals surface area (Å²) in [7, 11) is 2.28. The molecule has 0 bridgehead atoms. The zero-order valence-electron chi connectivity index (χ0n) is 11.1. The Morgan fingerprint density at radius 2 is 1.50 bits per heavy atom. The van der Waals surface area contributed by atoms with E-state index in [4.69, 9.17) is 0 Å². The summed E-state index contributed by atoms with van der Waals surface area (Å²) in [5.41, 5.74) is 0. The second-order valence-corrected chi connectivity index (χ2v) is 5.77. The topological polar surface area (TPSA) is 6.48 Å². The van der Waals surface area contributed by atoms with E-state index in [9.17, 15) is 0 Å². The lowest BCUT2D eigenvalue weighted by molar-refractivity contribution is 0.144. The van der Waals surface area contributed by atoms with Crippen molar-refractivity contribution in [3.63, 3.8) is 0 Å². The standard InChI is InChI=1S/C14H28N2/c1-3-16-11-7-14(8-12-16)13-5-4-9-15(2)10-6-13/h13-14H,3-12H2,1-2H3. The molecule has 0 aromatic rings. The number of likely N-dealkylation sites (tertiary alicyclic amines) is 2. The smallest absolute Gasteiger partial charge is 0.00161 e. The molecular weight excluding hydrogens is 196 g/mol. The van der Waals surface area contributed by atoms with Crippen molar-refractivity contribution < 1.29 is 0 Å². The Kier molecular flexibility index (Phi) is 4.66. The molecule has 0 aliphatic carbocycles. The molecular formula is C14H28N2. The van der Waals surface area contributed by atoms with Crippen molar-refractivity contribution in [3.05, 3.63) is 0 Å². The van der Waals surface area contributed by atoms with Crippen LogP contribution >= 0.6 is 0 Å². The molecule has 0 aromatic heterocycles. The van der Waals surface area contributed by atoms with E-state index in [-0.39, 0.29) is 0 Å². The van der Waals surface area contributed by atoms with Crippen molar-refractivity contribution >= 4 is 0 Å². The van der Waals surface area contributed by atoms with Gasteiger partial charge in [0.15, 0.2) is 0 Å². The van der Waals surface area contributed by atoms with E-state index < -0.39 is 0 Å². The molecule has 2 aliphatic heterocycles. The van der Waals surface area contributed by atoms with E-state index in [0.717, 1.165) is 11.8 Å². The number of piperidine rings is 1. The summed E-state index contributed by atoms with van der Waals surface area (Å²) < 4.78 is 0. The summed E-state index contributed by atoms with van der Waals surface area (Å²) in [6, 6.07) is 0. The summed E-state index contributed by atoms with van der Waals surface area (Å²) >= 11 is 0. The van der Waals surface area contributed by atoms with Crippen LogP contribution in [-0.4, -0.2) is 49.6 Å². The summed E-state index contributed by atoms with van der Waals surface area (Å²) in [4.78, 5) is 5.13. The molecule has 2 heteroatoms. The Hall–Kier alpha value is -0.0800. The zero-order valence-corrected chi connectivity index (χ0v) is 11.1. The predicted octanol–water partition coefficient (Wildman–Crippen LogP) is 2.45. The van der Waals surface area contributed by atoms with Gasteiger partial charge in [0.25, 0.3) is 0 Å². The molecule has 0 N–H and O–H groups in total. The molecule has 0 aromatic carbocycles. The molecule has 0 amide bonds. The van der Waals surface area contributed by atoms with Gasteiger partial charge >= 0.3 is 0 Å². The Labute approximate surface area is 101 Å². The quantitative estimate of drug-likeness (QED) is 0.711. The molecule has 2 nitrogen and oxygen atoms in total. The van der Waals surface area contributed by atoms with E-state index in [0.29, 0.717) is 0 Å². The highest BCUT2D eigenvalue weighted by Crippen LogP contribution is 2.32. The highest BCUT2D eigenvalue weighted by Gasteiger charge is 2.27. The molecule has 2 saturated heterocycles. The monoisotopic (exact) mass is 224 g/mol. The van der Waals surface area contributed by atoms with Crippen molar-refractivity contribution in [2.75, 3.05) is 39.8 Å². The van der Waals surface area contributed by atoms with Gasteiger partial charge in [0.2, 0.25) is 0 Å². The summed E-state index contributed by atoms with van der Waals surface area (Å²) in [6.45, 7) is 8.91. The van der Waals surface area contributed by atoms with Crippen LogP contribution in [0.4, 0.5) is 0 Å². The van der Waals surface area contributed by atoms with Crippen molar-refractivity contribution in [1.82, 2.24) is 9.80 Å². The lowest BCUT2D eigenvalue weighted by Gasteiger charge is -2.35. The fourth-order valence-corrected chi connectivity index (χ4v) is 3.48. The van der Waals surface area contributed by atoms with Crippen LogP contribution in [0.25, 0.3) is 0 Å². The second-order valence-electron chi connectivity index (χ2n) is 5.77. The maximum absolute atomic E-state index is 2.61. The van der Waals surface area contributed by atoms with Gasteiger partial charge in [-0.25, -0.2) is 0 Å². The third kappa shape index (κ3) is 3.21. The van der Waals surface area contributed by atoms with Crippen LogP contribution in [0.3, 0.4) is 0 Å². The SMILES string of the molecule is CCN1CCC(C2CCCN(C)CC2)CC1. The maximum Gasteiger partial charge on any atom is -0.00161 e. The van der Waals surface area contributed by atoms with Crippen LogP contribution in [0, 0.1) is 11.8 Å². The van der Waals surface area contributed by atoms with Gasteiger partial charge in [-0.15, -0.1) is 0 Å². The van der Waals surface area contributed by atoms with Gasteiger partial charge in [-0.05, 0) is 83.7 Å². The minimum absolute atomic E-state index is 1.03. The lowest BCUT2D eigenvalue weighted by Crippen LogP contribution is -2.36. The molecule has 2 rings (SSSR count). The maximum atomic E-state index is 2.61. The number of rotatable bonds is 2. The first-order chi connectivity index (χ1) is 7.79. The largest absolute Gasteiger partial charge is 0.306 e. The molecule has 2 aliphatic rings. The third-order valence-corrected chi connectivity index (χ3v) is 4.74. The van der Waals surface area contributed by atoms with Crippen LogP contribution in [-0.2, 0) is 0 Å². The van der Waals surface area contributed by atoms with Crippen molar-refractivity contribution in [2.24, 2.45) is 11.8 Å². The third-order valence-electron chi connectivity index (χ3n) is 4.74. The first-order valence-electron chi connectivity index (χ1n) is 7.20. The Balaban J connectivity index is 1.79. The van der Waals surface area contributed by atoms with Gasteiger partial charge in [-0.3, -0.25) is 0 Å². The molecule has 0 spiro atoms. The number of hydrogen-bond acceptors (Lipinski definition) is 2. The average Bonchev–Trinajstić information content (AvgIpc) is 2.54. The van der Waals surface area contributed by atoms with E-state index in [1.807, 2.05) is 0 Å². The van der Waals surface area contributed by atoms with Gasteiger partial charge in [0.1, 0.15) is 0 Å².